The van der Waals surface area contributed by atoms with Crippen LogP contribution in [0, 0.1) is 0 Å². The van der Waals surface area contributed by atoms with Crippen LogP contribution in [-0.4, -0.2) is 28.9 Å². The second-order valence-corrected chi connectivity index (χ2v) is 4.58. The number of methoxy groups -OCH3 is 1. The number of hydrogen-bond acceptors (Lipinski definition) is 4. The molecule has 0 atom stereocenters. The smallest absolute Gasteiger partial charge is 0.413 e. The first-order valence-electron chi connectivity index (χ1n) is 6.96. The van der Waals surface area contributed by atoms with Crippen molar-refractivity contribution in [1.82, 2.24) is 9.97 Å². The molecule has 18 heavy (non-hydrogen) atoms. The number of hydrogen-bond donors (Lipinski definition) is 2. The highest BCUT2D eigenvalue weighted by atomic mass is 32.2. The first-order valence-corrected chi connectivity index (χ1v) is 6.45. The lowest BCUT2D eigenvalue weighted by Crippen LogP contribution is -2.11. The summed E-state index contributed by atoms with van der Waals surface area (Å²) in [5.41, 5.74) is 0.526. The summed E-state index contributed by atoms with van der Waals surface area (Å²) in [4.78, 5) is 18.4. The second kappa shape index (κ2) is 5.77. The molecule has 2 aromatic rings. The van der Waals surface area contributed by atoms with Gasteiger partial charge in [0.2, 0.25) is 5.95 Å². The normalized spacial score (nSPS) is 12.9. The number of nitrogens with one attached hydrogen (secondary N) is 2. The van der Waals surface area contributed by atoms with Gasteiger partial charge in [0.1, 0.15) is 0 Å². The van der Waals surface area contributed by atoms with Crippen molar-refractivity contribution >= 4 is 34.8 Å². The van der Waals surface area contributed by atoms with Crippen LogP contribution in [0.5, 0.6) is 0 Å². The number of carbonyl (C=O) groups excluding carboxylic acids is 1. The van der Waals surface area contributed by atoms with Crippen LogP contribution >= 0.6 is 11.8 Å². The summed E-state index contributed by atoms with van der Waals surface area (Å²) in [5, 5.41) is 2.36. The molecule has 2 rings (SSSR count). The van der Waals surface area contributed by atoms with Crippen molar-refractivity contribution in [3.8, 4) is 0 Å². The third-order valence-electron chi connectivity index (χ3n) is 2.09. The van der Waals surface area contributed by atoms with Crippen LogP contribution in [0.3, 0.4) is 0 Å². The molecule has 0 radical (unpaired) electrons. The summed E-state index contributed by atoms with van der Waals surface area (Å²) in [6.45, 7) is 2.01. The van der Waals surface area contributed by atoms with E-state index in [4.69, 9.17) is 4.11 Å². The zero-order valence-electron chi connectivity index (χ0n) is 13.1. The minimum Gasteiger partial charge on any atom is -0.453 e. The van der Waals surface area contributed by atoms with Gasteiger partial charge in [-0.05, 0) is 30.3 Å². The molecule has 6 heteroatoms. The highest BCUT2D eigenvalue weighted by molar-refractivity contribution is 7.99. The molecule has 1 heterocycles. The molecule has 0 aliphatic rings. The molecule has 0 spiro atoms. The number of anilines is 1. The number of aromatic amines is 1. The van der Waals surface area contributed by atoms with Gasteiger partial charge in [-0.2, -0.15) is 0 Å². The molecule has 2 N–H and O–H groups in total. The summed E-state index contributed by atoms with van der Waals surface area (Å²) < 4.78 is 28.6. The first kappa shape index (κ1) is 9.27. The SMILES string of the molecule is [2H]c1c(SCCC)c([2H])c2[nH]c(NC(=O)OC)nc2c1[2H]. The Morgan fingerprint density at radius 1 is 1.67 bits per heavy atom. The van der Waals surface area contributed by atoms with Crippen LogP contribution in [0.1, 0.15) is 17.5 Å². The van der Waals surface area contributed by atoms with E-state index in [0.29, 0.717) is 10.4 Å². The Kier molecular flexibility index (Phi) is 2.97. The van der Waals surface area contributed by atoms with E-state index < -0.39 is 6.09 Å². The summed E-state index contributed by atoms with van der Waals surface area (Å²) in [5.74, 6) is 0.861. The number of benzene rings is 1. The minimum atomic E-state index is -0.696. The Labute approximate surface area is 114 Å². The van der Waals surface area contributed by atoms with Crippen molar-refractivity contribution in [3.05, 3.63) is 18.1 Å². The van der Waals surface area contributed by atoms with Crippen molar-refractivity contribution in [2.45, 2.75) is 18.2 Å². The number of rotatable bonds is 4. The molecule has 0 aliphatic carbocycles. The molecule has 5 nitrogen and oxygen atoms in total. The third-order valence-corrected chi connectivity index (χ3v) is 3.20. The van der Waals surface area contributed by atoms with E-state index in [2.05, 4.69) is 20.0 Å². The van der Waals surface area contributed by atoms with E-state index in [-0.39, 0.29) is 29.6 Å². The molecule has 0 unspecified atom stereocenters. The molecule has 0 bridgehead atoms. The first-order chi connectivity index (χ1) is 9.99. The van der Waals surface area contributed by atoms with Gasteiger partial charge < -0.3 is 9.72 Å². The fourth-order valence-corrected chi connectivity index (χ4v) is 2.00. The minimum absolute atomic E-state index is 0.0120. The number of amides is 1. The molecule has 0 aliphatic heterocycles. The summed E-state index contributed by atoms with van der Waals surface area (Å²) in [6.07, 6.45) is 0.214. The predicted octanol–water partition coefficient (Wildman–Crippen LogP) is 3.24. The maximum Gasteiger partial charge on any atom is 0.413 e. The van der Waals surface area contributed by atoms with E-state index in [0.717, 1.165) is 12.2 Å². The van der Waals surface area contributed by atoms with Gasteiger partial charge in [0.25, 0.3) is 0 Å². The lowest BCUT2D eigenvalue weighted by molar-refractivity contribution is 0.186. The second-order valence-electron chi connectivity index (χ2n) is 3.48. The van der Waals surface area contributed by atoms with Crippen LogP contribution in [0.25, 0.3) is 11.0 Å². The van der Waals surface area contributed by atoms with Crippen molar-refractivity contribution < 1.29 is 13.6 Å². The van der Waals surface area contributed by atoms with Gasteiger partial charge in [0, 0.05) is 4.90 Å². The summed E-state index contributed by atoms with van der Waals surface area (Å²) >= 11 is 1.38. The van der Waals surface area contributed by atoms with Crippen LogP contribution < -0.4 is 5.32 Å². The van der Waals surface area contributed by atoms with Gasteiger partial charge in [0.15, 0.2) is 0 Å². The van der Waals surface area contributed by atoms with Gasteiger partial charge >= 0.3 is 6.09 Å². The number of aromatic nitrogens is 2. The molecule has 0 saturated heterocycles. The van der Waals surface area contributed by atoms with Crippen LogP contribution in [0.2, 0.25) is 0 Å². The van der Waals surface area contributed by atoms with Gasteiger partial charge in [-0.3, -0.25) is 5.32 Å². The highest BCUT2D eigenvalue weighted by Gasteiger charge is 2.07. The maximum absolute atomic E-state index is 11.2. The van der Waals surface area contributed by atoms with Gasteiger partial charge in [-0.15, -0.1) is 11.8 Å². The number of nitrogens with zero attached hydrogens (tertiary/aromatic N) is 1. The fraction of sp³-hybridized carbons (Fsp3) is 0.333. The third kappa shape index (κ3) is 2.95. The Balaban J connectivity index is 2.52. The number of H-pyrrole nitrogens is 1. The molecule has 0 fully saturated rings. The number of imidazole rings is 1. The summed E-state index contributed by atoms with van der Waals surface area (Å²) in [6, 6.07) is 0.0469. The van der Waals surface area contributed by atoms with Gasteiger partial charge in [0.05, 0.1) is 22.3 Å². The highest BCUT2D eigenvalue weighted by Crippen LogP contribution is 2.23. The molecule has 1 aromatic heterocycles. The predicted molar refractivity (Wildman–Crippen MR) is 73.1 cm³/mol. The van der Waals surface area contributed by atoms with Crippen LogP contribution in [0.4, 0.5) is 10.7 Å². The van der Waals surface area contributed by atoms with Crippen LogP contribution in [-0.2, 0) is 4.74 Å². The van der Waals surface area contributed by atoms with E-state index in [1.165, 1.54) is 18.9 Å². The number of thioether (sulfide) groups is 1. The summed E-state index contributed by atoms with van der Waals surface area (Å²) in [7, 11) is 1.23. The fourth-order valence-electron chi connectivity index (χ4n) is 1.30. The largest absolute Gasteiger partial charge is 0.453 e. The lowest BCUT2D eigenvalue weighted by Gasteiger charge is -1.98. The average molecular weight is 268 g/mol. The number of ether oxygens (including phenoxy) is 1. The van der Waals surface area contributed by atoms with Crippen molar-refractivity contribution in [3.63, 3.8) is 0 Å². The molecule has 96 valence electrons. The van der Waals surface area contributed by atoms with E-state index in [1.54, 1.807) is 0 Å². The lowest BCUT2D eigenvalue weighted by atomic mass is 10.3. The Morgan fingerprint density at radius 3 is 3.22 bits per heavy atom. The van der Waals surface area contributed by atoms with Crippen molar-refractivity contribution in [1.29, 1.82) is 0 Å². The maximum atomic E-state index is 11.2. The van der Waals surface area contributed by atoms with Crippen molar-refractivity contribution in [2.24, 2.45) is 0 Å². The van der Waals surface area contributed by atoms with E-state index in [1.807, 2.05) is 6.92 Å². The Morgan fingerprint density at radius 2 is 2.50 bits per heavy atom. The topological polar surface area (TPSA) is 67.0 Å². The zero-order valence-corrected chi connectivity index (χ0v) is 10.9. The molecule has 1 amide bonds. The quantitative estimate of drug-likeness (QED) is 0.835. The van der Waals surface area contributed by atoms with E-state index >= 15 is 0 Å². The standard InChI is InChI=1S/C12H15N3O2S/c1-3-6-18-8-4-5-9-10(7-8)14-11(13-9)15-12(16)17-2/h4-5,7H,3,6H2,1-2H3,(H2,13,14,15,16)/i4D,5D,7D. The Hall–Kier alpha value is -1.69. The molecular formula is C12H15N3O2S. The molecule has 0 saturated carbocycles. The van der Waals surface area contributed by atoms with Gasteiger partial charge in [-0.1, -0.05) is 6.92 Å². The molecule has 1 aromatic carbocycles. The van der Waals surface area contributed by atoms with Crippen molar-refractivity contribution in [2.75, 3.05) is 18.2 Å². The van der Waals surface area contributed by atoms with Gasteiger partial charge in [-0.25, -0.2) is 9.78 Å². The Bertz CT molecular complexity index is 690. The van der Waals surface area contributed by atoms with E-state index in [9.17, 15) is 4.79 Å². The monoisotopic (exact) mass is 268 g/mol. The number of fused-ring (bicyclic) bond motifs is 1. The molecular weight excluding hydrogens is 250 g/mol. The average Bonchev–Trinajstić information content (AvgIpc) is 2.89. The zero-order chi connectivity index (χ0) is 15.6. The number of carbonyl (C=O) groups is 1. The van der Waals surface area contributed by atoms with Crippen LogP contribution in [0.15, 0.2) is 23.0 Å².